The summed E-state index contributed by atoms with van der Waals surface area (Å²) < 4.78 is 14.3. The van der Waals surface area contributed by atoms with E-state index in [2.05, 4.69) is 9.88 Å². The van der Waals surface area contributed by atoms with Gasteiger partial charge in [-0.2, -0.15) is 0 Å². The molecule has 4 nitrogen and oxygen atoms in total. The molecule has 0 unspecified atom stereocenters. The third-order valence-corrected chi connectivity index (χ3v) is 5.84. The number of carbonyl (C=O) groups is 1. The van der Waals surface area contributed by atoms with E-state index < -0.39 is 0 Å². The number of hydrogen-bond donors (Lipinski definition) is 0. The van der Waals surface area contributed by atoms with E-state index >= 15 is 0 Å². The molecule has 0 aliphatic carbocycles. The van der Waals surface area contributed by atoms with Crippen molar-refractivity contribution in [2.45, 2.75) is 6.42 Å². The summed E-state index contributed by atoms with van der Waals surface area (Å²) in [5.41, 5.74) is 1.33. The molecule has 6 heteroatoms. The van der Waals surface area contributed by atoms with Crippen molar-refractivity contribution >= 4 is 43.4 Å². The molecule has 0 bridgehead atoms. The fourth-order valence-corrected chi connectivity index (χ4v) is 4.32. The molecule has 0 radical (unpaired) electrons. The second-order valence-corrected chi connectivity index (χ2v) is 8.29. The quantitative estimate of drug-likeness (QED) is 0.441. The molecular formula is C23H22FN3OS. The summed E-state index contributed by atoms with van der Waals surface area (Å²) in [5.74, 6) is -0.387. The molecule has 0 aliphatic heterocycles. The Morgan fingerprint density at radius 1 is 1.00 bits per heavy atom. The van der Waals surface area contributed by atoms with Crippen LogP contribution in [0.25, 0.3) is 21.0 Å². The van der Waals surface area contributed by atoms with Gasteiger partial charge in [-0.15, -0.1) is 0 Å². The van der Waals surface area contributed by atoms with Gasteiger partial charge in [0.05, 0.1) is 10.2 Å². The van der Waals surface area contributed by atoms with Gasteiger partial charge in [0.1, 0.15) is 5.82 Å². The Bertz CT molecular complexity index is 1170. The molecule has 0 spiro atoms. The van der Waals surface area contributed by atoms with Crippen LogP contribution in [0.1, 0.15) is 16.8 Å². The molecule has 0 atom stereocenters. The van der Waals surface area contributed by atoms with Crippen LogP contribution in [0.15, 0.2) is 60.7 Å². The van der Waals surface area contributed by atoms with Crippen LogP contribution < -0.4 is 4.90 Å². The first-order valence-corrected chi connectivity index (χ1v) is 10.3. The summed E-state index contributed by atoms with van der Waals surface area (Å²) in [6, 6.07) is 18.2. The number of aromatic nitrogens is 1. The van der Waals surface area contributed by atoms with E-state index in [1.165, 1.54) is 23.5 Å². The fourth-order valence-electron chi connectivity index (χ4n) is 3.31. The van der Waals surface area contributed by atoms with E-state index in [9.17, 15) is 9.18 Å². The average molecular weight is 408 g/mol. The molecule has 4 rings (SSSR count). The van der Waals surface area contributed by atoms with Gasteiger partial charge in [0.25, 0.3) is 5.91 Å². The maximum atomic E-state index is 13.6. The molecule has 0 saturated carbocycles. The predicted molar refractivity (Wildman–Crippen MR) is 118 cm³/mol. The second-order valence-electron chi connectivity index (χ2n) is 7.28. The van der Waals surface area contributed by atoms with Crippen molar-refractivity contribution < 1.29 is 9.18 Å². The Morgan fingerprint density at radius 3 is 2.59 bits per heavy atom. The maximum Gasteiger partial charge on any atom is 0.260 e. The molecule has 0 aliphatic rings. The van der Waals surface area contributed by atoms with Crippen LogP contribution in [0.4, 0.5) is 9.52 Å². The number of halogens is 1. The minimum Gasteiger partial charge on any atom is -0.309 e. The van der Waals surface area contributed by atoms with Gasteiger partial charge in [-0.25, -0.2) is 9.37 Å². The summed E-state index contributed by atoms with van der Waals surface area (Å²) in [6.45, 7) is 1.41. The Balaban J connectivity index is 1.70. The van der Waals surface area contributed by atoms with Gasteiger partial charge >= 0.3 is 0 Å². The minimum absolute atomic E-state index is 0.0889. The molecule has 1 amide bonds. The summed E-state index contributed by atoms with van der Waals surface area (Å²) in [4.78, 5) is 21.8. The zero-order chi connectivity index (χ0) is 20.4. The highest BCUT2D eigenvalue weighted by molar-refractivity contribution is 7.22. The fraction of sp³-hybridized carbons (Fsp3) is 0.217. The van der Waals surface area contributed by atoms with E-state index in [-0.39, 0.29) is 11.7 Å². The lowest BCUT2D eigenvalue weighted by molar-refractivity contribution is 0.0986. The van der Waals surface area contributed by atoms with E-state index in [4.69, 9.17) is 0 Å². The summed E-state index contributed by atoms with van der Waals surface area (Å²) in [6.07, 6.45) is 0.816. The van der Waals surface area contributed by atoms with Crippen molar-refractivity contribution in [3.63, 3.8) is 0 Å². The van der Waals surface area contributed by atoms with Crippen LogP contribution >= 0.6 is 11.3 Å². The standard InChI is InChI=1S/C23H22FN3OS/c1-26(2)12-5-13-27(23-25-20-11-10-19(24)15-21(20)29-23)22(28)18-9-8-16-6-3-4-7-17(16)14-18/h3-4,6-11,14-15H,5,12-13H2,1-2H3. The van der Waals surface area contributed by atoms with Crippen LogP contribution in [0.3, 0.4) is 0 Å². The number of anilines is 1. The van der Waals surface area contributed by atoms with E-state index in [0.717, 1.165) is 28.4 Å². The number of nitrogens with zero attached hydrogens (tertiary/aromatic N) is 3. The highest BCUT2D eigenvalue weighted by Gasteiger charge is 2.21. The zero-order valence-electron chi connectivity index (χ0n) is 16.4. The van der Waals surface area contributed by atoms with Crippen molar-refractivity contribution in [2.75, 3.05) is 32.1 Å². The predicted octanol–water partition coefficient (Wildman–Crippen LogP) is 5.19. The zero-order valence-corrected chi connectivity index (χ0v) is 17.2. The summed E-state index contributed by atoms with van der Waals surface area (Å²) in [5, 5.41) is 2.72. The summed E-state index contributed by atoms with van der Waals surface area (Å²) >= 11 is 1.35. The van der Waals surface area contributed by atoms with E-state index in [1.54, 1.807) is 11.0 Å². The topological polar surface area (TPSA) is 36.4 Å². The normalized spacial score (nSPS) is 11.4. The number of thiazole rings is 1. The number of amides is 1. The first-order valence-electron chi connectivity index (χ1n) is 9.53. The molecule has 148 valence electrons. The molecule has 0 N–H and O–H groups in total. The van der Waals surface area contributed by atoms with Gasteiger partial charge in [-0.05, 0) is 68.2 Å². The van der Waals surface area contributed by atoms with Crippen molar-refractivity contribution in [3.05, 3.63) is 72.0 Å². The molecular weight excluding hydrogens is 385 g/mol. The minimum atomic E-state index is -0.298. The SMILES string of the molecule is CN(C)CCCN(C(=O)c1ccc2ccccc2c1)c1nc2ccc(F)cc2s1. The number of fused-ring (bicyclic) bond motifs is 2. The monoisotopic (exact) mass is 407 g/mol. The Morgan fingerprint density at radius 2 is 1.79 bits per heavy atom. The van der Waals surface area contributed by atoms with Gasteiger partial charge in [-0.1, -0.05) is 41.7 Å². The number of hydrogen-bond acceptors (Lipinski definition) is 4. The van der Waals surface area contributed by atoms with Crippen molar-refractivity contribution in [1.82, 2.24) is 9.88 Å². The largest absolute Gasteiger partial charge is 0.309 e. The average Bonchev–Trinajstić information content (AvgIpc) is 3.13. The third-order valence-electron chi connectivity index (χ3n) is 4.80. The van der Waals surface area contributed by atoms with Crippen LogP contribution in [0.5, 0.6) is 0 Å². The van der Waals surface area contributed by atoms with Gasteiger partial charge in [0.2, 0.25) is 0 Å². The van der Waals surface area contributed by atoms with Crippen LogP contribution in [0.2, 0.25) is 0 Å². The Labute approximate surface area is 173 Å². The van der Waals surface area contributed by atoms with Crippen LogP contribution in [-0.4, -0.2) is 43.0 Å². The number of carbonyl (C=O) groups excluding carboxylic acids is 1. The highest BCUT2D eigenvalue weighted by Crippen LogP contribution is 2.31. The van der Waals surface area contributed by atoms with E-state index in [0.29, 0.717) is 22.8 Å². The summed E-state index contributed by atoms with van der Waals surface area (Å²) in [7, 11) is 4.02. The Kier molecular flexibility index (Phi) is 5.56. The van der Waals surface area contributed by atoms with Gasteiger partial charge in [-0.3, -0.25) is 9.69 Å². The van der Waals surface area contributed by atoms with Gasteiger partial charge in [0.15, 0.2) is 5.13 Å². The number of rotatable bonds is 6. The molecule has 1 heterocycles. The van der Waals surface area contributed by atoms with Crippen molar-refractivity contribution in [2.24, 2.45) is 0 Å². The lowest BCUT2D eigenvalue weighted by atomic mass is 10.1. The molecule has 3 aromatic carbocycles. The second kappa shape index (κ2) is 8.27. The molecule has 29 heavy (non-hydrogen) atoms. The van der Waals surface area contributed by atoms with Gasteiger partial charge < -0.3 is 4.90 Å². The van der Waals surface area contributed by atoms with Crippen LogP contribution in [-0.2, 0) is 0 Å². The Hall–Kier alpha value is -2.83. The molecule has 0 saturated heterocycles. The van der Waals surface area contributed by atoms with E-state index in [1.807, 2.05) is 56.6 Å². The molecule has 1 aromatic heterocycles. The van der Waals surface area contributed by atoms with Crippen molar-refractivity contribution in [3.8, 4) is 0 Å². The number of benzene rings is 3. The molecule has 4 aromatic rings. The lowest BCUT2D eigenvalue weighted by Gasteiger charge is -2.21. The maximum absolute atomic E-state index is 13.6. The van der Waals surface area contributed by atoms with Crippen molar-refractivity contribution in [1.29, 1.82) is 0 Å². The molecule has 0 fully saturated rings. The highest BCUT2D eigenvalue weighted by atomic mass is 32.1. The lowest BCUT2D eigenvalue weighted by Crippen LogP contribution is -2.33. The smallest absolute Gasteiger partial charge is 0.260 e. The first-order chi connectivity index (χ1) is 14.0. The van der Waals surface area contributed by atoms with Crippen LogP contribution in [0, 0.1) is 5.82 Å². The van der Waals surface area contributed by atoms with Gasteiger partial charge in [0, 0.05) is 12.1 Å². The third kappa shape index (κ3) is 4.28. The first kappa shape index (κ1) is 19.5.